The van der Waals surface area contributed by atoms with Crippen molar-refractivity contribution in [1.82, 2.24) is 15.0 Å². The molecule has 0 saturated heterocycles. The number of fused-ring (bicyclic) bond motifs is 1. The molecule has 1 N–H and O–H groups in total. The fourth-order valence-electron chi connectivity index (χ4n) is 3.39. The predicted molar refractivity (Wildman–Crippen MR) is 128 cm³/mol. The molecule has 4 rings (SSSR count). The maximum atomic E-state index is 12.4. The molecule has 0 spiro atoms. The topological polar surface area (TPSA) is 69.0 Å². The van der Waals surface area contributed by atoms with Crippen molar-refractivity contribution in [3.63, 3.8) is 0 Å². The zero-order chi connectivity index (χ0) is 22.5. The highest BCUT2D eigenvalue weighted by molar-refractivity contribution is 6.32. The Morgan fingerprint density at radius 2 is 1.78 bits per heavy atom. The zero-order valence-electron chi connectivity index (χ0n) is 18.1. The van der Waals surface area contributed by atoms with Crippen molar-refractivity contribution < 1.29 is 9.53 Å². The number of hydrogen-bond acceptors (Lipinski definition) is 4. The standard InChI is InChI=1S/C25H25ClN4O2/c1-3-4-7-18-10-12-19(13-11-18)30-28-22-14-17(2)21(15-23(22)29-30)27-25(31)16-32-24-9-6-5-8-20(24)26/h5-6,8-15H,3-4,7,16H2,1-2H3,(H,27,31). The Labute approximate surface area is 192 Å². The van der Waals surface area contributed by atoms with Gasteiger partial charge in [0.15, 0.2) is 6.61 Å². The second-order valence-electron chi connectivity index (χ2n) is 7.68. The van der Waals surface area contributed by atoms with Crippen molar-refractivity contribution in [2.24, 2.45) is 0 Å². The molecule has 7 heteroatoms. The molecule has 6 nitrogen and oxygen atoms in total. The summed E-state index contributed by atoms with van der Waals surface area (Å²) in [6.07, 6.45) is 3.44. The molecule has 0 aliphatic heterocycles. The molecule has 0 atom stereocenters. The normalized spacial score (nSPS) is 11.0. The first-order valence-electron chi connectivity index (χ1n) is 10.7. The first kappa shape index (κ1) is 21.8. The number of nitrogens with one attached hydrogen (secondary N) is 1. The van der Waals surface area contributed by atoms with Crippen LogP contribution in [0.15, 0.2) is 60.7 Å². The average molecular weight is 449 g/mol. The summed E-state index contributed by atoms with van der Waals surface area (Å²) in [5.41, 5.74) is 5.25. The molecule has 0 aliphatic rings. The summed E-state index contributed by atoms with van der Waals surface area (Å²) in [4.78, 5) is 14.0. The molecule has 0 unspecified atom stereocenters. The van der Waals surface area contributed by atoms with E-state index in [1.54, 1.807) is 23.0 Å². The summed E-state index contributed by atoms with van der Waals surface area (Å²) in [7, 11) is 0. The van der Waals surface area contributed by atoms with Crippen LogP contribution in [-0.4, -0.2) is 27.5 Å². The number of rotatable bonds is 8. The summed E-state index contributed by atoms with van der Waals surface area (Å²) in [5, 5.41) is 12.5. The summed E-state index contributed by atoms with van der Waals surface area (Å²) in [6.45, 7) is 3.97. The van der Waals surface area contributed by atoms with Crippen molar-refractivity contribution in [2.45, 2.75) is 33.1 Å². The molecule has 4 aromatic rings. The number of carbonyl (C=O) groups excluding carboxylic acids is 1. The monoisotopic (exact) mass is 448 g/mol. The molecular weight excluding hydrogens is 424 g/mol. The number of carbonyl (C=O) groups is 1. The van der Waals surface area contributed by atoms with Gasteiger partial charge < -0.3 is 10.1 Å². The maximum absolute atomic E-state index is 12.4. The van der Waals surface area contributed by atoms with Crippen LogP contribution in [0.4, 0.5) is 5.69 Å². The van der Waals surface area contributed by atoms with E-state index in [2.05, 4.69) is 34.6 Å². The second-order valence-corrected chi connectivity index (χ2v) is 8.09. The van der Waals surface area contributed by atoms with Crippen LogP contribution in [0.25, 0.3) is 16.7 Å². The molecular formula is C25H25ClN4O2. The van der Waals surface area contributed by atoms with Crippen LogP contribution >= 0.6 is 11.6 Å². The number of hydrogen-bond donors (Lipinski definition) is 1. The number of aryl methyl sites for hydroxylation is 2. The van der Waals surface area contributed by atoms with Crippen LogP contribution in [0, 0.1) is 6.92 Å². The van der Waals surface area contributed by atoms with Gasteiger partial charge in [-0.15, -0.1) is 10.2 Å². The predicted octanol–water partition coefficient (Wildman–Crippen LogP) is 5.74. The van der Waals surface area contributed by atoms with Crippen molar-refractivity contribution in [3.8, 4) is 11.4 Å². The third-order valence-corrected chi connectivity index (χ3v) is 5.49. The number of nitrogens with zero attached hydrogens (tertiary/aromatic N) is 3. The first-order chi connectivity index (χ1) is 15.5. The summed E-state index contributed by atoms with van der Waals surface area (Å²) in [6, 6.07) is 19.1. The zero-order valence-corrected chi connectivity index (χ0v) is 18.9. The molecule has 0 saturated carbocycles. The van der Waals surface area contributed by atoms with Crippen LogP contribution in [0.2, 0.25) is 5.02 Å². The molecule has 3 aromatic carbocycles. The molecule has 0 bridgehead atoms. The number of halogens is 1. The van der Waals surface area contributed by atoms with Gasteiger partial charge in [-0.25, -0.2) is 0 Å². The highest BCUT2D eigenvalue weighted by Crippen LogP contribution is 2.24. The molecule has 1 heterocycles. The Hall–Kier alpha value is -3.38. The maximum Gasteiger partial charge on any atom is 0.262 e. The Kier molecular flexibility index (Phi) is 6.71. The molecule has 0 fully saturated rings. The molecule has 0 aliphatic carbocycles. The fraction of sp³-hybridized carbons (Fsp3) is 0.240. The third kappa shape index (κ3) is 5.08. The highest BCUT2D eigenvalue weighted by atomic mass is 35.5. The van der Waals surface area contributed by atoms with Gasteiger partial charge in [0.2, 0.25) is 0 Å². The first-order valence-corrected chi connectivity index (χ1v) is 11.1. The van der Waals surface area contributed by atoms with E-state index in [1.165, 1.54) is 18.4 Å². The lowest BCUT2D eigenvalue weighted by Gasteiger charge is -2.10. The minimum atomic E-state index is -0.276. The van der Waals surface area contributed by atoms with Crippen LogP contribution in [0.1, 0.15) is 30.9 Å². The Balaban J connectivity index is 1.47. The lowest BCUT2D eigenvalue weighted by atomic mass is 10.1. The van der Waals surface area contributed by atoms with Gasteiger partial charge in [-0.3, -0.25) is 4.79 Å². The van der Waals surface area contributed by atoms with Gasteiger partial charge in [0, 0.05) is 5.69 Å². The number of ether oxygens (including phenoxy) is 1. The lowest BCUT2D eigenvalue weighted by Crippen LogP contribution is -2.20. The van der Waals surface area contributed by atoms with E-state index >= 15 is 0 Å². The van der Waals surface area contributed by atoms with E-state index in [9.17, 15) is 4.79 Å². The van der Waals surface area contributed by atoms with Crippen molar-refractivity contribution >= 4 is 34.2 Å². The smallest absolute Gasteiger partial charge is 0.262 e. The van der Waals surface area contributed by atoms with E-state index in [-0.39, 0.29) is 12.5 Å². The van der Waals surface area contributed by atoms with Gasteiger partial charge in [-0.05, 0) is 67.3 Å². The van der Waals surface area contributed by atoms with E-state index < -0.39 is 0 Å². The number of unbranched alkanes of at least 4 members (excludes halogenated alkanes) is 1. The largest absolute Gasteiger partial charge is 0.482 e. The Bertz CT molecular complexity index is 1230. The third-order valence-electron chi connectivity index (χ3n) is 5.18. The van der Waals surface area contributed by atoms with Crippen molar-refractivity contribution in [1.29, 1.82) is 0 Å². The van der Waals surface area contributed by atoms with Crippen molar-refractivity contribution in [2.75, 3.05) is 11.9 Å². The summed E-state index contributed by atoms with van der Waals surface area (Å²) >= 11 is 6.07. The van der Waals surface area contributed by atoms with Crippen LogP contribution in [0.5, 0.6) is 5.75 Å². The Morgan fingerprint density at radius 3 is 2.50 bits per heavy atom. The van der Waals surface area contributed by atoms with Crippen molar-refractivity contribution in [3.05, 3.63) is 76.8 Å². The number of amides is 1. The second kappa shape index (κ2) is 9.83. The number of benzene rings is 3. The SMILES string of the molecule is CCCCc1ccc(-n2nc3cc(C)c(NC(=O)COc4ccccc4Cl)cc3n2)cc1. The van der Waals surface area contributed by atoms with E-state index in [4.69, 9.17) is 16.3 Å². The van der Waals surface area contributed by atoms with Crippen LogP contribution in [0.3, 0.4) is 0 Å². The minimum absolute atomic E-state index is 0.141. The van der Waals surface area contributed by atoms with E-state index in [0.29, 0.717) is 22.0 Å². The molecule has 0 radical (unpaired) electrons. The van der Waals surface area contributed by atoms with E-state index in [0.717, 1.165) is 23.2 Å². The van der Waals surface area contributed by atoms with Gasteiger partial charge in [0.25, 0.3) is 5.91 Å². The average Bonchev–Trinajstić information content (AvgIpc) is 3.20. The van der Waals surface area contributed by atoms with Gasteiger partial charge >= 0.3 is 0 Å². The number of para-hydroxylation sites is 1. The Morgan fingerprint density at radius 1 is 1.06 bits per heavy atom. The quantitative estimate of drug-likeness (QED) is 0.373. The van der Waals surface area contributed by atoms with E-state index in [1.807, 2.05) is 37.3 Å². The number of aromatic nitrogens is 3. The number of anilines is 1. The van der Waals surface area contributed by atoms with Crippen LogP contribution < -0.4 is 10.1 Å². The van der Waals surface area contributed by atoms with Gasteiger partial charge in [0.1, 0.15) is 16.8 Å². The summed E-state index contributed by atoms with van der Waals surface area (Å²) < 4.78 is 5.52. The fourth-order valence-corrected chi connectivity index (χ4v) is 3.58. The molecule has 164 valence electrons. The molecule has 32 heavy (non-hydrogen) atoms. The molecule has 1 amide bonds. The van der Waals surface area contributed by atoms with Gasteiger partial charge in [0.05, 0.1) is 10.7 Å². The summed E-state index contributed by atoms with van der Waals surface area (Å²) in [5.74, 6) is 0.197. The minimum Gasteiger partial charge on any atom is -0.482 e. The lowest BCUT2D eigenvalue weighted by molar-refractivity contribution is -0.118. The van der Waals surface area contributed by atoms with Gasteiger partial charge in [-0.1, -0.05) is 49.2 Å². The highest BCUT2D eigenvalue weighted by Gasteiger charge is 2.12. The molecule has 1 aromatic heterocycles. The van der Waals surface area contributed by atoms with Crippen LogP contribution in [-0.2, 0) is 11.2 Å². The van der Waals surface area contributed by atoms with Gasteiger partial charge in [-0.2, -0.15) is 4.80 Å².